The van der Waals surface area contributed by atoms with E-state index in [4.69, 9.17) is 9.84 Å². The highest BCUT2D eigenvalue weighted by Gasteiger charge is 2.17. The molecule has 0 aliphatic carbocycles. The van der Waals surface area contributed by atoms with Crippen molar-refractivity contribution in [1.82, 2.24) is 5.32 Å². The summed E-state index contributed by atoms with van der Waals surface area (Å²) in [5.74, 6) is -0.419. The molecule has 82 valence electrons. The van der Waals surface area contributed by atoms with Crippen LogP contribution in [0.3, 0.4) is 0 Å². The lowest BCUT2D eigenvalue weighted by Gasteiger charge is -2.14. The Hall–Kier alpha value is -0.940. The number of carbonyl (C=O) groups excluding carboxylic acids is 2. The van der Waals surface area contributed by atoms with Gasteiger partial charge in [0, 0.05) is 13.0 Å². The predicted octanol–water partition coefficient (Wildman–Crippen LogP) is -0.521. The van der Waals surface area contributed by atoms with Gasteiger partial charge in [0.15, 0.2) is 0 Å². The van der Waals surface area contributed by atoms with Crippen LogP contribution in [0.2, 0.25) is 0 Å². The normalized spacial score (nSPS) is 12.1. The van der Waals surface area contributed by atoms with E-state index in [1.807, 2.05) is 0 Å². The minimum atomic E-state index is -0.584. The molecule has 0 aliphatic heterocycles. The minimum Gasteiger partial charge on any atom is -0.465 e. The molecule has 0 fully saturated rings. The van der Waals surface area contributed by atoms with Gasteiger partial charge >= 0.3 is 5.97 Å². The second kappa shape index (κ2) is 8.65. The molecule has 0 spiro atoms. The zero-order chi connectivity index (χ0) is 10.8. The Bertz CT molecular complexity index is 172. The molecule has 0 aliphatic rings. The highest BCUT2D eigenvalue weighted by molar-refractivity contribution is 5.78. The van der Waals surface area contributed by atoms with Crippen LogP contribution in [0.1, 0.15) is 19.8 Å². The molecule has 0 rings (SSSR count). The molecule has 1 unspecified atom stereocenters. The molecule has 0 saturated carbocycles. The van der Waals surface area contributed by atoms with Crippen molar-refractivity contribution in [3.63, 3.8) is 0 Å². The molecule has 0 radical (unpaired) electrons. The fourth-order valence-corrected chi connectivity index (χ4v) is 0.957. The van der Waals surface area contributed by atoms with Gasteiger partial charge in [0.2, 0.25) is 0 Å². The lowest BCUT2D eigenvalue weighted by molar-refractivity contribution is -0.146. The maximum atomic E-state index is 11.2. The fourth-order valence-electron chi connectivity index (χ4n) is 0.957. The summed E-state index contributed by atoms with van der Waals surface area (Å²) in [6.45, 7) is 2.57. The van der Waals surface area contributed by atoms with Crippen LogP contribution in [0, 0.1) is 0 Å². The molecule has 0 aromatic rings. The lowest BCUT2D eigenvalue weighted by Crippen LogP contribution is -2.39. The number of hydrogen-bond donors (Lipinski definition) is 2. The molecule has 14 heavy (non-hydrogen) atoms. The van der Waals surface area contributed by atoms with E-state index in [0.717, 1.165) is 0 Å². The van der Waals surface area contributed by atoms with E-state index < -0.39 is 12.0 Å². The molecule has 5 nitrogen and oxygen atoms in total. The first-order valence-corrected chi connectivity index (χ1v) is 4.70. The topological polar surface area (TPSA) is 75.6 Å². The molecule has 0 aromatic heterocycles. The zero-order valence-electron chi connectivity index (χ0n) is 8.36. The first kappa shape index (κ1) is 13.1. The Labute approximate surface area is 83.4 Å². The fraction of sp³-hybridized carbons (Fsp3) is 0.778. The Kier molecular flexibility index (Phi) is 8.07. The Morgan fingerprint density at radius 3 is 2.86 bits per heavy atom. The third kappa shape index (κ3) is 5.66. The summed E-state index contributed by atoms with van der Waals surface area (Å²) in [7, 11) is 0. The van der Waals surface area contributed by atoms with E-state index in [1.54, 1.807) is 6.92 Å². The van der Waals surface area contributed by atoms with Crippen LogP contribution < -0.4 is 5.32 Å². The number of aldehydes is 1. The van der Waals surface area contributed by atoms with E-state index in [0.29, 0.717) is 25.9 Å². The summed E-state index contributed by atoms with van der Waals surface area (Å²) in [5.41, 5.74) is 0. The molecule has 1 atom stereocenters. The van der Waals surface area contributed by atoms with E-state index in [9.17, 15) is 9.59 Å². The lowest BCUT2D eigenvalue weighted by atomic mass is 10.2. The number of hydrogen-bond acceptors (Lipinski definition) is 5. The monoisotopic (exact) mass is 203 g/mol. The van der Waals surface area contributed by atoms with E-state index in [2.05, 4.69) is 5.32 Å². The molecular formula is C9H17NO4. The number of carbonyl (C=O) groups is 2. The van der Waals surface area contributed by atoms with Gasteiger partial charge in [-0.15, -0.1) is 0 Å². The van der Waals surface area contributed by atoms with E-state index in [-0.39, 0.29) is 13.0 Å². The number of nitrogens with one attached hydrogen (secondary N) is 1. The second-order valence-corrected chi connectivity index (χ2v) is 2.74. The average molecular weight is 203 g/mol. The number of ether oxygens (including phenoxy) is 1. The number of aliphatic hydroxyl groups is 1. The quantitative estimate of drug-likeness (QED) is 0.315. The Morgan fingerprint density at radius 2 is 2.36 bits per heavy atom. The maximum absolute atomic E-state index is 11.2. The van der Waals surface area contributed by atoms with Crippen LogP contribution >= 0.6 is 0 Å². The van der Waals surface area contributed by atoms with Crippen LogP contribution in [-0.2, 0) is 14.3 Å². The number of rotatable bonds is 8. The van der Waals surface area contributed by atoms with Crippen molar-refractivity contribution in [2.45, 2.75) is 25.8 Å². The van der Waals surface area contributed by atoms with Gasteiger partial charge in [0.25, 0.3) is 0 Å². The van der Waals surface area contributed by atoms with Gasteiger partial charge in [0.1, 0.15) is 12.3 Å². The highest BCUT2D eigenvalue weighted by atomic mass is 16.5. The largest absolute Gasteiger partial charge is 0.465 e. The Balaban J connectivity index is 3.86. The molecular weight excluding hydrogens is 186 g/mol. The smallest absolute Gasteiger partial charge is 0.323 e. The SMILES string of the molecule is CCOC(=O)C(CC=O)NCCCO. The summed E-state index contributed by atoms with van der Waals surface area (Å²) >= 11 is 0. The minimum absolute atomic E-state index is 0.0592. The maximum Gasteiger partial charge on any atom is 0.323 e. The van der Waals surface area contributed by atoms with E-state index >= 15 is 0 Å². The van der Waals surface area contributed by atoms with Gasteiger partial charge < -0.3 is 20.0 Å². The van der Waals surface area contributed by atoms with Crippen LogP contribution in [0.5, 0.6) is 0 Å². The van der Waals surface area contributed by atoms with Crippen molar-refractivity contribution < 1.29 is 19.4 Å². The average Bonchev–Trinajstić information content (AvgIpc) is 2.17. The van der Waals surface area contributed by atoms with Gasteiger partial charge in [-0.1, -0.05) is 0 Å². The number of esters is 1. The summed E-state index contributed by atoms with van der Waals surface area (Å²) in [6, 6.07) is -0.584. The van der Waals surface area contributed by atoms with Crippen molar-refractivity contribution in [1.29, 1.82) is 0 Å². The first-order chi connectivity index (χ1) is 6.76. The molecule has 2 N–H and O–H groups in total. The predicted molar refractivity (Wildman–Crippen MR) is 50.8 cm³/mol. The summed E-state index contributed by atoms with van der Waals surface area (Å²) in [6.07, 6.45) is 1.33. The molecule has 0 heterocycles. The number of aliphatic hydroxyl groups excluding tert-OH is 1. The second-order valence-electron chi connectivity index (χ2n) is 2.74. The molecule has 0 amide bonds. The summed E-state index contributed by atoms with van der Waals surface area (Å²) in [5, 5.41) is 11.4. The molecule has 0 saturated heterocycles. The summed E-state index contributed by atoms with van der Waals surface area (Å²) in [4.78, 5) is 21.5. The highest BCUT2D eigenvalue weighted by Crippen LogP contribution is 1.94. The van der Waals surface area contributed by atoms with Crippen LogP contribution in [0.15, 0.2) is 0 Å². The molecule has 5 heteroatoms. The van der Waals surface area contributed by atoms with E-state index in [1.165, 1.54) is 0 Å². The zero-order valence-corrected chi connectivity index (χ0v) is 8.36. The van der Waals surface area contributed by atoms with Crippen molar-refractivity contribution in [3.8, 4) is 0 Å². The summed E-state index contributed by atoms with van der Waals surface area (Å²) < 4.78 is 4.76. The van der Waals surface area contributed by atoms with Gasteiger partial charge in [0.05, 0.1) is 6.61 Å². The van der Waals surface area contributed by atoms with Gasteiger partial charge in [-0.25, -0.2) is 0 Å². The van der Waals surface area contributed by atoms with Gasteiger partial charge in [-0.3, -0.25) is 4.79 Å². The van der Waals surface area contributed by atoms with Crippen molar-refractivity contribution >= 4 is 12.3 Å². The van der Waals surface area contributed by atoms with Gasteiger partial charge in [-0.05, 0) is 19.9 Å². The third-order valence-electron chi connectivity index (χ3n) is 1.63. The first-order valence-electron chi connectivity index (χ1n) is 4.70. The van der Waals surface area contributed by atoms with Crippen LogP contribution in [0.4, 0.5) is 0 Å². The molecule has 0 aromatic carbocycles. The van der Waals surface area contributed by atoms with Crippen molar-refractivity contribution in [3.05, 3.63) is 0 Å². The van der Waals surface area contributed by atoms with Gasteiger partial charge in [-0.2, -0.15) is 0 Å². The van der Waals surface area contributed by atoms with Crippen molar-refractivity contribution in [2.24, 2.45) is 0 Å². The Morgan fingerprint density at radius 1 is 1.64 bits per heavy atom. The standard InChI is InChI=1S/C9H17NO4/c1-2-14-9(13)8(4-7-12)10-5-3-6-11/h7-8,10-11H,2-6H2,1H3. The molecule has 0 bridgehead atoms. The van der Waals surface area contributed by atoms with Crippen molar-refractivity contribution in [2.75, 3.05) is 19.8 Å². The third-order valence-corrected chi connectivity index (χ3v) is 1.63. The van der Waals surface area contributed by atoms with Crippen LogP contribution in [0.25, 0.3) is 0 Å². The van der Waals surface area contributed by atoms with Crippen LogP contribution in [-0.4, -0.2) is 43.2 Å².